The number of aromatic nitrogens is 2. The number of hydrogen-bond donors (Lipinski definition) is 0. The zero-order chi connectivity index (χ0) is 14.9. The molecule has 0 saturated heterocycles. The highest BCUT2D eigenvalue weighted by Gasteiger charge is 2.19. The molecule has 2 rings (SSSR count). The summed E-state index contributed by atoms with van der Waals surface area (Å²) in [4.78, 5) is 18.0. The van der Waals surface area contributed by atoms with Crippen LogP contribution in [0.25, 0.3) is 0 Å². The summed E-state index contributed by atoms with van der Waals surface area (Å²) in [5.74, 6) is 0.958. The van der Waals surface area contributed by atoms with Gasteiger partial charge in [-0.15, -0.1) is 0 Å². The molecule has 0 aliphatic rings. The number of carbonyl (C=O) groups excluding carboxylic acids is 1. The molecule has 20 heavy (non-hydrogen) atoms. The monoisotopic (exact) mass is 273 g/mol. The van der Waals surface area contributed by atoms with Crippen molar-refractivity contribution in [3.8, 4) is 0 Å². The van der Waals surface area contributed by atoms with Gasteiger partial charge in [0.2, 0.25) is 0 Å². The van der Waals surface area contributed by atoms with E-state index in [1.54, 1.807) is 26.2 Å². The highest BCUT2D eigenvalue weighted by Crippen LogP contribution is 2.23. The van der Waals surface area contributed by atoms with E-state index in [-0.39, 0.29) is 17.0 Å². The van der Waals surface area contributed by atoms with Gasteiger partial charge < -0.3 is 4.52 Å². The minimum Gasteiger partial charge on any atom is -0.361 e. The van der Waals surface area contributed by atoms with E-state index in [1.807, 2.05) is 12.1 Å². The fourth-order valence-electron chi connectivity index (χ4n) is 1.77. The van der Waals surface area contributed by atoms with Crippen molar-refractivity contribution in [2.24, 2.45) is 0 Å². The van der Waals surface area contributed by atoms with Crippen molar-refractivity contribution in [1.29, 1.82) is 0 Å². The van der Waals surface area contributed by atoms with Crippen LogP contribution in [0.3, 0.4) is 0 Å². The van der Waals surface area contributed by atoms with Crippen LogP contribution in [0.4, 0.5) is 5.82 Å². The van der Waals surface area contributed by atoms with E-state index < -0.39 is 0 Å². The zero-order valence-corrected chi connectivity index (χ0v) is 12.5. The highest BCUT2D eigenvalue weighted by atomic mass is 16.5. The third kappa shape index (κ3) is 2.87. The lowest BCUT2D eigenvalue weighted by molar-refractivity contribution is 0.0983. The molecule has 5 nitrogen and oxygen atoms in total. The van der Waals surface area contributed by atoms with Crippen LogP contribution in [0, 0.1) is 6.92 Å². The third-order valence-corrected chi connectivity index (χ3v) is 3.11. The molecule has 0 aliphatic heterocycles. The number of hydrogen-bond acceptors (Lipinski definition) is 4. The van der Waals surface area contributed by atoms with Gasteiger partial charge in [-0.1, -0.05) is 32.0 Å². The Morgan fingerprint density at radius 3 is 2.45 bits per heavy atom. The maximum absolute atomic E-state index is 12.2. The lowest BCUT2D eigenvalue weighted by Crippen LogP contribution is -2.27. The third-order valence-electron chi connectivity index (χ3n) is 3.11. The summed E-state index contributed by atoms with van der Waals surface area (Å²) in [5, 5.41) is 3.73. The molecule has 0 atom stereocenters. The van der Waals surface area contributed by atoms with Crippen LogP contribution in [0.15, 0.2) is 28.9 Å². The Morgan fingerprint density at radius 1 is 1.30 bits per heavy atom. The number of anilines is 1. The van der Waals surface area contributed by atoms with Crippen LogP contribution in [-0.2, 0) is 5.41 Å². The van der Waals surface area contributed by atoms with Crippen molar-refractivity contribution in [3.05, 3.63) is 41.4 Å². The van der Waals surface area contributed by atoms with Gasteiger partial charge in [0.15, 0.2) is 5.69 Å². The summed E-state index contributed by atoms with van der Waals surface area (Å²) in [6, 6.07) is 5.44. The minimum absolute atomic E-state index is 0.0390. The molecule has 0 radical (unpaired) electrons. The molecular weight excluding hydrogens is 254 g/mol. The lowest BCUT2D eigenvalue weighted by atomic mass is 9.88. The molecule has 5 heteroatoms. The minimum atomic E-state index is -0.238. The standard InChI is InChI=1S/C15H19N3O2/c1-10-8-12(17-20-10)14(19)18(5)13-7-6-11(9-16-13)15(2,3)4/h6-9H,1-5H3. The van der Waals surface area contributed by atoms with Gasteiger partial charge in [-0.05, 0) is 24.0 Å². The average Bonchev–Trinajstić information content (AvgIpc) is 2.83. The number of rotatable bonds is 2. The summed E-state index contributed by atoms with van der Waals surface area (Å²) in [6.07, 6.45) is 1.80. The first kappa shape index (κ1) is 14.2. The van der Waals surface area contributed by atoms with E-state index in [4.69, 9.17) is 4.52 Å². The van der Waals surface area contributed by atoms with Gasteiger partial charge in [-0.3, -0.25) is 9.69 Å². The Bertz CT molecular complexity index is 609. The molecule has 1 amide bonds. The SMILES string of the molecule is Cc1cc(C(=O)N(C)c2ccc(C(C)(C)C)cn2)no1. The maximum Gasteiger partial charge on any atom is 0.281 e. The molecule has 0 aliphatic carbocycles. The van der Waals surface area contributed by atoms with E-state index in [1.165, 1.54) is 4.90 Å². The van der Waals surface area contributed by atoms with Gasteiger partial charge >= 0.3 is 0 Å². The Balaban J connectivity index is 2.21. The lowest BCUT2D eigenvalue weighted by Gasteiger charge is -2.20. The van der Waals surface area contributed by atoms with Crippen LogP contribution < -0.4 is 4.90 Å². The van der Waals surface area contributed by atoms with Crippen molar-refractivity contribution in [3.63, 3.8) is 0 Å². The fourth-order valence-corrected chi connectivity index (χ4v) is 1.77. The second-order valence-electron chi connectivity index (χ2n) is 5.84. The number of nitrogens with zero attached hydrogens (tertiary/aromatic N) is 3. The topological polar surface area (TPSA) is 59.2 Å². The molecule has 0 aromatic carbocycles. The first-order chi connectivity index (χ1) is 9.29. The van der Waals surface area contributed by atoms with E-state index in [0.29, 0.717) is 11.6 Å². The Morgan fingerprint density at radius 2 is 2.00 bits per heavy atom. The molecule has 2 heterocycles. The summed E-state index contributed by atoms with van der Waals surface area (Å²) in [7, 11) is 1.67. The van der Waals surface area contributed by atoms with E-state index in [0.717, 1.165) is 5.56 Å². The number of amides is 1. The van der Waals surface area contributed by atoms with Gasteiger partial charge in [0, 0.05) is 19.3 Å². The Kier molecular flexibility index (Phi) is 3.61. The van der Waals surface area contributed by atoms with Gasteiger partial charge in [-0.2, -0.15) is 0 Å². The number of carbonyl (C=O) groups is 1. The first-order valence-electron chi connectivity index (χ1n) is 6.47. The van der Waals surface area contributed by atoms with E-state index >= 15 is 0 Å². The molecular formula is C15H19N3O2. The summed E-state index contributed by atoms with van der Waals surface area (Å²) in [5.41, 5.74) is 1.45. The molecule has 0 bridgehead atoms. The van der Waals surface area contributed by atoms with E-state index in [2.05, 4.69) is 30.9 Å². The Labute approximate surface area is 118 Å². The van der Waals surface area contributed by atoms with Gasteiger partial charge in [-0.25, -0.2) is 4.98 Å². The van der Waals surface area contributed by atoms with Crippen molar-refractivity contribution >= 4 is 11.7 Å². The normalized spacial score (nSPS) is 11.4. The predicted molar refractivity (Wildman–Crippen MR) is 76.9 cm³/mol. The molecule has 0 spiro atoms. The number of aryl methyl sites for hydroxylation is 1. The molecule has 0 saturated carbocycles. The summed E-state index contributed by atoms with van der Waals surface area (Å²) >= 11 is 0. The highest BCUT2D eigenvalue weighted by molar-refractivity contribution is 6.03. The molecule has 0 unspecified atom stereocenters. The summed E-state index contributed by atoms with van der Waals surface area (Å²) < 4.78 is 4.92. The zero-order valence-electron chi connectivity index (χ0n) is 12.5. The smallest absolute Gasteiger partial charge is 0.281 e. The predicted octanol–water partition coefficient (Wildman–Crippen LogP) is 2.95. The fraction of sp³-hybridized carbons (Fsp3) is 0.400. The van der Waals surface area contributed by atoms with Crippen LogP contribution in [0.1, 0.15) is 42.6 Å². The van der Waals surface area contributed by atoms with Gasteiger partial charge in [0.25, 0.3) is 5.91 Å². The van der Waals surface area contributed by atoms with Crippen molar-refractivity contribution in [2.45, 2.75) is 33.1 Å². The first-order valence-corrected chi connectivity index (χ1v) is 6.47. The van der Waals surface area contributed by atoms with Crippen LogP contribution >= 0.6 is 0 Å². The van der Waals surface area contributed by atoms with Crippen LogP contribution in [0.2, 0.25) is 0 Å². The quantitative estimate of drug-likeness (QED) is 0.844. The van der Waals surface area contributed by atoms with Crippen LogP contribution in [-0.4, -0.2) is 23.1 Å². The second kappa shape index (κ2) is 5.07. The van der Waals surface area contributed by atoms with Crippen molar-refractivity contribution in [2.75, 3.05) is 11.9 Å². The maximum atomic E-state index is 12.2. The second-order valence-corrected chi connectivity index (χ2v) is 5.84. The molecule has 106 valence electrons. The Hall–Kier alpha value is -2.17. The number of pyridine rings is 1. The molecule has 0 N–H and O–H groups in total. The van der Waals surface area contributed by atoms with Gasteiger partial charge in [0.1, 0.15) is 11.6 Å². The van der Waals surface area contributed by atoms with Gasteiger partial charge in [0.05, 0.1) is 0 Å². The largest absolute Gasteiger partial charge is 0.361 e. The average molecular weight is 273 g/mol. The molecule has 2 aromatic heterocycles. The summed E-state index contributed by atoms with van der Waals surface area (Å²) in [6.45, 7) is 8.12. The molecule has 2 aromatic rings. The van der Waals surface area contributed by atoms with Crippen LogP contribution in [0.5, 0.6) is 0 Å². The van der Waals surface area contributed by atoms with Crippen molar-refractivity contribution < 1.29 is 9.32 Å². The van der Waals surface area contributed by atoms with E-state index in [9.17, 15) is 4.79 Å². The van der Waals surface area contributed by atoms with Crippen molar-refractivity contribution in [1.82, 2.24) is 10.1 Å². The molecule has 0 fully saturated rings.